The number of nitrogens with two attached hydrogens (primary N) is 1. The first-order valence-corrected chi connectivity index (χ1v) is 5.44. The van der Waals surface area contributed by atoms with Gasteiger partial charge in [0.1, 0.15) is 0 Å². The standard InChI is InChI=1S/C12H14F3NO3/c1-8(12(13,14)15)19-7-11(16,10(17)18)9-5-3-2-4-6-9/h2-6,8H,7,16H2,1H3,(H,17,18). The number of aliphatic carboxylic acids is 1. The molecule has 0 amide bonds. The molecule has 0 bridgehead atoms. The van der Waals surface area contributed by atoms with Gasteiger partial charge in [0.15, 0.2) is 11.6 Å². The Morgan fingerprint density at radius 2 is 1.89 bits per heavy atom. The molecule has 19 heavy (non-hydrogen) atoms. The normalized spacial score (nSPS) is 16.7. The van der Waals surface area contributed by atoms with Gasteiger partial charge in [0.25, 0.3) is 0 Å². The second-order valence-electron chi connectivity index (χ2n) is 4.14. The van der Waals surface area contributed by atoms with Gasteiger partial charge in [-0.3, -0.25) is 0 Å². The number of ether oxygens (including phenoxy) is 1. The first kappa shape index (κ1) is 15.5. The van der Waals surface area contributed by atoms with Crippen LogP contribution in [0.2, 0.25) is 0 Å². The van der Waals surface area contributed by atoms with Crippen LogP contribution in [0.1, 0.15) is 12.5 Å². The summed E-state index contributed by atoms with van der Waals surface area (Å²) < 4.78 is 41.5. The Morgan fingerprint density at radius 1 is 1.37 bits per heavy atom. The van der Waals surface area contributed by atoms with Crippen molar-refractivity contribution in [1.29, 1.82) is 0 Å². The zero-order valence-electron chi connectivity index (χ0n) is 10.1. The van der Waals surface area contributed by atoms with Crippen LogP contribution in [0.15, 0.2) is 30.3 Å². The molecule has 1 aromatic rings. The van der Waals surface area contributed by atoms with Gasteiger partial charge in [-0.05, 0) is 12.5 Å². The zero-order chi connectivity index (χ0) is 14.7. The van der Waals surface area contributed by atoms with Gasteiger partial charge in [0.2, 0.25) is 0 Å². The van der Waals surface area contributed by atoms with Crippen molar-refractivity contribution in [3.8, 4) is 0 Å². The van der Waals surface area contributed by atoms with Crippen molar-refractivity contribution in [2.45, 2.75) is 24.7 Å². The second-order valence-corrected chi connectivity index (χ2v) is 4.14. The summed E-state index contributed by atoms with van der Waals surface area (Å²) in [6.45, 7) is 0.0281. The Labute approximate surface area is 108 Å². The molecule has 0 spiro atoms. The Bertz CT molecular complexity index is 436. The SMILES string of the molecule is CC(OCC(N)(C(=O)O)c1ccccc1)C(F)(F)F. The molecule has 2 atom stereocenters. The van der Waals surface area contributed by atoms with Crippen LogP contribution in [0.3, 0.4) is 0 Å². The number of hydrogen-bond acceptors (Lipinski definition) is 3. The smallest absolute Gasteiger partial charge is 0.414 e. The van der Waals surface area contributed by atoms with Gasteiger partial charge >= 0.3 is 12.1 Å². The lowest BCUT2D eigenvalue weighted by atomic mass is 9.92. The van der Waals surface area contributed by atoms with Crippen molar-refractivity contribution < 1.29 is 27.8 Å². The van der Waals surface area contributed by atoms with Crippen molar-refractivity contribution >= 4 is 5.97 Å². The number of hydrogen-bond donors (Lipinski definition) is 2. The van der Waals surface area contributed by atoms with Crippen molar-refractivity contribution in [3.05, 3.63) is 35.9 Å². The highest BCUT2D eigenvalue weighted by Gasteiger charge is 2.42. The van der Waals surface area contributed by atoms with Crippen molar-refractivity contribution in [2.75, 3.05) is 6.61 Å². The Kier molecular flexibility index (Phi) is 4.54. The van der Waals surface area contributed by atoms with Gasteiger partial charge in [0.05, 0.1) is 6.61 Å². The molecule has 0 aliphatic carbocycles. The lowest BCUT2D eigenvalue weighted by Gasteiger charge is -2.27. The molecule has 0 aliphatic rings. The Morgan fingerprint density at radius 3 is 2.32 bits per heavy atom. The molecule has 4 nitrogen and oxygen atoms in total. The van der Waals surface area contributed by atoms with E-state index in [1.165, 1.54) is 12.1 Å². The third-order valence-electron chi connectivity index (χ3n) is 2.69. The molecule has 1 aromatic carbocycles. The van der Waals surface area contributed by atoms with Gasteiger partial charge in [-0.2, -0.15) is 13.2 Å². The Hall–Kier alpha value is -1.60. The summed E-state index contributed by atoms with van der Waals surface area (Å²) in [5.41, 5.74) is 3.83. The van der Waals surface area contributed by atoms with E-state index in [4.69, 9.17) is 10.8 Å². The van der Waals surface area contributed by atoms with Crippen LogP contribution in [0.25, 0.3) is 0 Å². The Balaban J connectivity index is 2.88. The molecule has 0 radical (unpaired) electrons. The van der Waals surface area contributed by atoms with Gasteiger partial charge in [-0.1, -0.05) is 30.3 Å². The van der Waals surface area contributed by atoms with E-state index in [9.17, 15) is 18.0 Å². The summed E-state index contributed by atoms with van der Waals surface area (Å²) in [5.74, 6) is -1.45. The minimum atomic E-state index is -4.56. The summed E-state index contributed by atoms with van der Waals surface area (Å²) in [4.78, 5) is 11.2. The van der Waals surface area contributed by atoms with Gasteiger partial charge in [-0.15, -0.1) is 0 Å². The molecule has 0 saturated heterocycles. The van der Waals surface area contributed by atoms with Crippen LogP contribution >= 0.6 is 0 Å². The molecule has 0 heterocycles. The highest BCUT2D eigenvalue weighted by atomic mass is 19.4. The fourth-order valence-electron chi connectivity index (χ4n) is 1.36. The monoisotopic (exact) mass is 277 g/mol. The van der Waals surface area contributed by atoms with E-state index in [2.05, 4.69) is 4.74 Å². The summed E-state index contributed by atoms with van der Waals surface area (Å²) in [7, 11) is 0. The molecule has 0 aliphatic heterocycles. The van der Waals surface area contributed by atoms with E-state index in [-0.39, 0.29) is 5.56 Å². The first-order chi connectivity index (χ1) is 8.68. The molecular weight excluding hydrogens is 263 g/mol. The third-order valence-corrected chi connectivity index (χ3v) is 2.69. The van der Waals surface area contributed by atoms with Gasteiger partial charge < -0.3 is 15.6 Å². The minimum Gasteiger partial charge on any atom is -0.480 e. The maximum atomic E-state index is 12.3. The fourth-order valence-corrected chi connectivity index (χ4v) is 1.36. The molecule has 7 heteroatoms. The summed E-state index contributed by atoms with van der Waals surface area (Å²) >= 11 is 0. The van der Waals surface area contributed by atoms with Crippen LogP contribution < -0.4 is 5.73 Å². The fraction of sp³-hybridized carbons (Fsp3) is 0.417. The molecule has 0 fully saturated rings. The third kappa shape index (κ3) is 3.68. The van der Waals surface area contributed by atoms with Crippen LogP contribution in [0.4, 0.5) is 13.2 Å². The largest absolute Gasteiger partial charge is 0.480 e. The maximum absolute atomic E-state index is 12.3. The molecule has 0 saturated carbocycles. The van der Waals surface area contributed by atoms with Crippen LogP contribution in [-0.2, 0) is 15.1 Å². The van der Waals surface area contributed by atoms with Crippen LogP contribution in [-0.4, -0.2) is 30.0 Å². The number of carboxylic acid groups (broad SMARTS) is 1. The number of rotatable bonds is 5. The van der Waals surface area contributed by atoms with E-state index in [0.29, 0.717) is 0 Å². The number of carboxylic acids is 1. The van der Waals surface area contributed by atoms with E-state index in [0.717, 1.165) is 6.92 Å². The average Bonchev–Trinajstić information content (AvgIpc) is 2.35. The highest BCUT2D eigenvalue weighted by molar-refractivity contribution is 5.80. The molecule has 0 aromatic heterocycles. The van der Waals surface area contributed by atoms with Crippen molar-refractivity contribution in [3.63, 3.8) is 0 Å². The molecule has 2 unspecified atom stereocenters. The van der Waals surface area contributed by atoms with Gasteiger partial charge in [0, 0.05) is 0 Å². The highest BCUT2D eigenvalue weighted by Crippen LogP contribution is 2.25. The van der Waals surface area contributed by atoms with Crippen LogP contribution in [0.5, 0.6) is 0 Å². The number of alkyl halides is 3. The van der Waals surface area contributed by atoms with Crippen molar-refractivity contribution in [1.82, 2.24) is 0 Å². The van der Waals surface area contributed by atoms with Crippen LogP contribution in [0, 0.1) is 0 Å². The summed E-state index contributed by atoms with van der Waals surface area (Å²) in [6, 6.07) is 7.59. The second kappa shape index (κ2) is 5.58. The predicted octanol–water partition coefficient (Wildman–Crippen LogP) is 1.89. The lowest BCUT2D eigenvalue weighted by Crippen LogP contribution is -2.50. The van der Waals surface area contributed by atoms with E-state index < -0.39 is 30.4 Å². The topological polar surface area (TPSA) is 72.5 Å². The van der Waals surface area contributed by atoms with Crippen molar-refractivity contribution in [2.24, 2.45) is 5.73 Å². The predicted molar refractivity (Wildman–Crippen MR) is 61.4 cm³/mol. The number of benzene rings is 1. The summed E-state index contributed by atoms with van der Waals surface area (Å²) in [5, 5.41) is 9.12. The van der Waals surface area contributed by atoms with Gasteiger partial charge in [-0.25, -0.2) is 4.79 Å². The lowest BCUT2D eigenvalue weighted by molar-refractivity contribution is -0.219. The first-order valence-electron chi connectivity index (χ1n) is 5.44. The minimum absolute atomic E-state index is 0.178. The number of carbonyl (C=O) groups is 1. The van der Waals surface area contributed by atoms with E-state index in [1.54, 1.807) is 18.2 Å². The maximum Gasteiger partial charge on any atom is 0.414 e. The molecule has 1 rings (SSSR count). The summed E-state index contributed by atoms with van der Waals surface area (Å²) in [6.07, 6.45) is -6.64. The number of halogens is 3. The quantitative estimate of drug-likeness (QED) is 0.862. The van der Waals surface area contributed by atoms with E-state index >= 15 is 0 Å². The molecular formula is C12H14F3NO3. The zero-order valence-corrected chi connectivity index (χ0v) is 10.1. The average molecular weight is 277 g/mol. The van der Waals surface area contributed by atoms with E-state index in [1.807, 2.05) is 0 Å². The molecule has 3 N–H and O–H groups in total. The molecule has 106 valence electrons.